The predicted octanol–water partition coefficient (Wildman–Crippen LogP) is 4.80. The lowest BCUT2D eigenvalue weighted by Gasteiger charge is -2.38. The molecule has 0 radical (unpaired) electrons. The van der Waals surface area contributed by atoms with E-state index in [9.17, 15) is 19.5 Å². The Bertz CT molecular complexity index is 1040. The number of ether oxygens (including phenoxy) is 1. The van der Waals surface area contributed by atoms with Gasteiger partial charge in [-0.25, -0.2) is 4.79 Å². The Labute approximate surface area is 206 Å². The molecule has 0 saturated carbocycles. The first-order valence-corrected chi connectivity index (χ1v) is 12.5. The molecule has 7 heteroatoms. The maximum atomic E-state index is 13.0. The molecule has 4 rings (SSSR count). The van der Waals surface area contributed by atoms with Gasteiger partial charge in [0.15, 0.2) is 0 Å². The van der Waals surface area contributed by atoms with Crippen molar-refractivity contribution in [2.75, 3.05) is 13.2 Å². The number of amides is 2. The van der Waals surface area contributed by atoms with Crippen LogP contribution in [0, 0.1) is 5.92 Å². The molecule has 186 valence electrons. The third-order valence-corrected chi connectivity index (χ3v) is 7.35. The van der Waals surface area contributed by atoms with Gasteiger partial charge in [-0.2, -0.15) is 0 Å². The highest BCUT2D eigenvalue weighted by Crippen LogP contribution is 2.44. The van der Waals surface area contributed by atoms with Crippen LogP contribution in [0.4, 0.5) is 4.79 Å². The summed E-state index contributed by atoms with van der Waals surface area (Å²) in [6, 6.07) is 15.6. The lowest BCUT2D eigenvalue weighted by molar-refractivity contribution is -0.149. The van der Waals surface area contributed by atoms with Crippen LogP contribution in [0.25, 0.3) is 11.1 Å². The second kappa shape index (κ2) is 10.9. The van der Waals surface area contributed by atoms with Crippen LogP contribution in [0.5, 0.6) is 0 Å². The van der Waals surface area contributed by atoms with Crippen molar-refractivity contribution in [1.82, 2.24) is 10.2 Å². The van der Waals surface area contributed by atoms with Crippen molar-refractivity contribution in [1.29, 1.82) is 0 Å². The van der Waals surface area contributed by atoms with Crippen LogP contribution < -0.4 is 5.32 Å². The molecule has 7 nitrogen and oxygen atoms in total. The van der Waals surface area contributed by atoms with Crippen molar-refractivity contribution >= 4 is 18.0 Å². The Morgan fingerprint density at radius 3 is 2.31 bits per heavy atom. The maximum Gasteiger partial charge on any atom is 0.407 e. The third kappa shape index (κ3) is 5.34. The number of carbonyl (C=O) groups excluding carboxylic acids is 2. The van der Waals surface area contributed by atoms with Crippen LogP contribution in [-0.2, 0) is 14.3 Å². The van der Waals surface area contributed by atoms with E-state index in [0.29, 0.717) is 25.8 Å². The number of nitrogens with one attached hydrogen (secondary N) is 1. The number of carboxylic acids is 1. The molecular weight excluding hydrogens is 444 g/mol. The molecule has 2 amide bonds. The standard InChI is InChI=1S/C28H34N2O5/c1-3-9-19(16-26(31)30-15-8-14-20(18(30)2)27(32)33)29-28(34)35-17-25-23-12-6-4-10-21(23)22-11-5-7-13-24(22)25/h4-7,10-13,18-20,25H,3,8-9,14-17H2,1-2H3,(H,29,34)(H,32,33)/t18?,19-,20?/m0/s1. The molecule has 0 aromatic heterocycles. The number of fused-ring (bicyclic) bond motifs is 3. The second-order valence-electron chi connectivity index (χ2n) is 9.57. The second-order valence-corrected chi connectivity index (χ2v) is 9.57. The summed E-state index contributed by atoms with van der Waals surface area (Å²) >= 11 is 0. The van der Waals surface area contributed by atoms with Crippen LogP contribution in [-0.4, -0.2) is 53.2 Å². The Balaban J connectivity index is 1.36. The first-order chi connectivity index (χ1) is 16.9. The van der Waals surface area contributed by atoms with Gasteiger partial charge in [-0.1, -0.05) is 61.9 Å². The van der Waals surface area contributed by atoms with Crippen LogP contribution in [0.1, 0.15) is 63.0 Å². The van der Waals surface area contributed by atoms with Crippen molar-refractivity contribution in [3.05, 3.63) is 59.7 Å². The molecule has 2 N–H and O–H groups in total. The van der Waals surface area contributed by atoms with Gasteiger partial charge < -0.3 is 20.1 Å². The molecule has 2 unspecified atom stereocenters. The van der Waals surface area contributed by atoms with E-state index in [2.05, 4.69) is 29.6 Å². The number of piperidine rings is 1. The maximum absolute atomic E-state index is 13.0. The van der Waals surface area contributed by atoms with Crippen LogP contribution in [0.15, 0.2) is 48.5 Å². The summed E-state index contributed by atoms with van der Waals surface area (Å²) in [7, 11) is 0. The van der Waals surface area contributed by atoms with E-state index in [1.54, 1.807) is 11.8 Å². The van der Waals surface area contributed by atoms with Gasteiger partial charge in [0.05, 0.1) is 5.92 Å². The Kier molecular flexibility index (Phi) is 7.73. The van der Waals surface area contributed by atoms with Gasteiger partial charge in [-0.3, -0.25) is 9.59 Å². The molecule has 1 heterocycles. The first kappa shape index (κ1) is 24.8. The molecule has 0 spiro atoms. The minimum atomic E-state index is -0.864. The highest BCUT2D eigenvalue weighted by molar-refractivity contribution is 5.81. The quantitative estimate of drug-likeness (QED) is 0.568. The average molecular weight is 479 g/mol. The van der Waals surface area contributed by atoms with Crippen LogP contribution in [0.3, 0.4) is 0 Å². The van der Waals surface area contributed by atoms with E-state index in [1.807, 2.05) is 31.2 Å². The van der Waals surface area contributed by atoms with E-state index >= 15 is 0 Å². The molecule has 35 heavy (non-hydrogen) atoms. The topological polar surface area (TPSA) is 95.9 Å². The summed E-state index contributed by atoms with van der Waals surface area (Å²) in [5.74, 6) is -1.56. The van der Waals surface area contributed by atoms with Gasteiger partial charge in [0.1, 0.15) is 6.61 Å². The number of benzene rings is 2. The minimum absolute atomic E-state index is 0.0263. The lowest BCUT2D eigenvalue weighted by atomic mass is 9.90. The normalized spacial score (nSPS) is 20.0. The fourth-order valence-electron chi connectivity index (χ4n) is 5.53. The molecule has 1 saturated heterocycles. The largest absolute Gasteiger partial charge is 0.481 e. The Hall–Kier alpha value is -3.35. The summed E-state index contributed by atoms with van der Waals surface area (Å²) in [6.07, 6.45) is 2.29. The third-order valence-electron chi connectivity index (χ3n) is 7.35. The van der Waals surface area contributed by atoms with Crippen molar-refractivity contribution < 1.29 is 24.2 Å². The smallest absolute Gasteiger partial charge is 0.407 e. The van der Waals surface area contributed by atoms with Gasteiger partial charge in [-0.05, 0) is 48.4 Å². The summed E-state index contributed by atoms with van der Waals surface area (Å²) in [5, 5.41) is 12.3. The summed E-state index contributed by atoms with van der Waals surface area (Å²) in [4.78, 5) is 38.9. The number of hydrogen-bond donors (Lipinski definition) is 2. The van der Waals surface area contributed by atoms with Gasteiger partial charge in [0.25, 0.3) is 0 Å². The summed E-state index contributed by atoms with van der Waals surface area (Å²) in [6.45, 7) is 4.56. The molecule has 3 atom stereocenters. The first-order valence-electron chi connectivity index (χ1n) is 12.5. The molecular formula is C28H34N2O5. The van der Waals surface area contributed by atoms with Crippen molar-refractivity contribution in [3.8, 4) is 11.1 Å². The SMILES string of the molecule is CCC[C@@H](CC(=O)N1CCCC(C(=O)O)C1C)NC(=O)OCC1c2ccccc2-c2ccccc21. The van der Waals surface area contributed by atoms with Crippen LogP contribution in [0.2, 0.25) is 0 Å². The molecule has 1 aliphatic heterocycles. The lowest BCUT2D eigenvalue weighted by Crippen LogP contribution is -2.50. The van der Waals surface area contributed by atoms with Gasteiger partial charge in [0.2, 0.25) is 5.91 Å². The number of hydrogen-bond acceptors (Lipinski definition) is 4. The Morgan fingerprint density at radius 1 is 1.09 bits per heavy atom. The number of aliphatic carboxylic acids is 1. The van der Waals surface area contributed by atoms with Crippen molar-refractivity contribution in [2.24, 2.45) is 5.92 Å². The number of alkyl carbamates (subject to hydrolysis) is 1. The highest BCUT2D eigenvalue weighted by atomic mass is 16.5. The van der Waals surface area contributed by atoms with E-state index in [0.717, 1.165) is 17.5 Å². The van der Waals surface area contributed by atoms with E-state index in [-0.39, 0.29) is 36.9 Å². The molecule has 1 aliphatic carbocycles. The molecule has 0 bridgehead atoms. The predicted molar refractivity (Wildman–Crippen MR) is 133 cm³/mol. The zero-order valence-corrected chi connectivity index (χ0v) is 20.4. The number of nitrogens with zero attached hydrogens (tertiary/aromatic N) is 1. The van der Waals surface area contributed by atoms with Gasteiger partial charge >= 0.3 is 12.1 Å². The fraction of sp³-hybridized carbons (Fsp3) is 0.464. The molecule has 2 aliphatic rings. The van der Waals surface area contributed by atoms with Crippen LogP contribution >= 0.6 is 0 Å². The van der Waals surface area contributed by atoms with Crippen molar-refractivity contribution in [2.45, 2.75) is 64.0 Å². The molecule has 1 fully saturated rings. The average Bonchev–Trinajstić information content (AvgIpc) is 3.16. The van der Waals surface area contributed by atoms with E-state index in [1.165, 1.54) is 11.1 Å². The number of carboxylic acid groups (broad SMARTS) is 1. The minimum Gasteiger partial charge on any atom is -0.481 e. The monoisotopic (exact) mass is 478 g/mol. The highest BCUT2D eigenvalue weighted by Gasteiger charge is 2.36. The zero-order chi connectivity index (χ0) is 24.9. The Morgan fingerprint density at radius 2 is 1.71 bits per heavy atom. The number of rotatable bonds is 8. The summed E-state index contributed by atoms with van der Waals surface area (Å²) in [5.41, 5.74) is 4.63. The van der Waals surface area contributed by atoms with E-state index in [4.69, 9.17) is 4.74 Å². The number of carbonyl (C=O) groups is 3. The van der Waals surface area contributed by atoms with Crippen molar-refractivity contribution in [3.63, 3.8) is 0 Å². The summed E-state index contributed by atoms with van der Waals surface area (Å²) < 4.78 is 5.66. The zero-order valence-electron chi connectivity index (χ0n) is 20.4. The fourth-order valence-corrected chi connectivity index (χ4v) is 5.53. The number of likely N-dealkylation sites (tertiary alicyclic amines) is 1. The molecule has 2 aromatic carbocycles. The van der Waals surface area contributed by atoms with Gasteiger partial charge in [0, 0.05) is 31.0 Å². The molecule has 2 aromatic rings. The van der Waals surface area contributed by atoms with Gasteiger partial charge in [-0.15, -0.1) is 0 Å². The van der Waals surface area contributed by atoms with E-state index < -0.39 is 18.0 Å².